The van der Waals surface area contributed by atoms with Gasteiger partial charge in [-0.2, -0.15) is 16.8 Å². The molecule has 6 N–H and O–H groups in total. The van der Waals surface area contributed by atoms with Gasteiger partial charge in [-0.05, 0) is 106 Å². The van der Waals surface area contributed by atoms with E-state index in [9.17, 15) is 75.0 Å². The van der Waals surface area contributed by atoms with Gasteiger partial charge >= 0.3 is 71.2 Å². The Labute approximate surface area is 635 Å². The minimum Gasteiger partial charge on any atom is -0.543 e. The molecule has 34 heteroatoms. The van der Waals surface area contributed by atoms with Crippen molar-refractivity contribution in [1.29, 1.82) is 0 Å². The fraction of sp³-hybridized carbons (Fsp3) is 0.182. The maximum absolute atomic E-state index is 13.1. The first-order valence-corrected chi connectivity index (χ1v) is 36.2. The van der Waals surface area contributed by atoms with Crippen LogP contribution in [0.5, 0.6) is 0 Å². The van der Waals surface area contributed by atoms with Crippen LogP contribution in [0.4, 0.5) is 21.0 Å². The summed E-state index contributed by atoms with van der Waals surface area (Å²) >= 11 is 4.99. The molecule has 0 saturated carbocycles. The molecule has 4 atom stereocenters. The van der Waals surface area contributed by atoms with E-state index in [-0.39, 0.29) is 116 Å². The number of fused-ring (bicyclic) bond motifs is 2. The fourth-order valence-corrected chi connectivity index (χ4v) is 15.7. The summed E-state index contributed by atoms with van der Waals surface area (Å²) in [5, 5.41) is 33.5. The second kappa shape index (κ2) is 35.7. The number of likely N-dealkylation sites (N-methyl/N-ethyl adjacent to an activating group) is 2. The van der Waals surface area contributed by atoms with Crippen LogP contribution in [0.3, 0.4) is 0 Å². The van der Waals surface area contributed by atoms with Crippen molar-refractivity contribution >= 4 is 150 Å². The first-order chi connectivity index (χ1) is 46.7. The van der Waals surface area contributed by atoms with Crippen molar-refractivity contribution in [2.24, 2.45) is 0 Å². The zero-order chi connectivity index (χ0) is 70.6. The van der Waals surface area contributed by atoms with Gasteiger partial charge in [-0.15, -0.1) is 47.0 Å². The van der Waals surface area contributed by atoms with E-state index in [0.717, 1.165) is 30.7 Å². The number of benzene rings is 6. The number of amides is 10. The zero-order valence-electron chi connectivity index (χ0n) is 53.5. The van der Waals surface area contributed by atoms with Crippen molar-refractivity contribution < 1.29 is 143 Å². The monoisotopic (exact) mass is 1490 g/mol. The van der Waals surface area contributed by atoms with E-state index in [0.29, 0.717) is 43.4 Å². The fourth-order valence-electron chi connectivity index (χ4n) is 10.00. The van der Waals surface area contributed by atoms with Crippen LogP contribution in [0.15, 0.2) is 212 Å². The summed E-state index contributed by atoms with van der Waals surface area (Å²) in [6.45, 7) is 0. The zero-order valence-corrected chi connectivity index (χ0v) is 62.4. The number of rotatable bonds is 22. The van der Waals surface area contributed by atoms with Gasteiger partial charge in [0.25, 0.3) is 43.9 Å². The van der Waals surface area contributed by atoms with Crippen molar-refractivity contribution in [3.05, 3.63) is 215 Å². The van der Waals surface area contributed by atoms with Crippen LogP contribution in [0.2, 0.25) is 0 Å². The molecule has 0 radical (unpaired) electrons. The standard InChI is InChI=1S/2C33H30N4O9S3.2Na/c2*1-36(27(39)16-11-20-7-3-2-4-8-20)33(43)34-25-10-6-5-9-21(25)17-26(38)35-28-30(40)37-29(32(41)42)22(19-48-31(28)37)18-47-23-12-14-24(15-13-23)49(44,45)46;;/h2*2-16,28,31H,17-19H2,1H3,(H,34,43)(H,35,38)(H,41,42)(H,44,45,46);;/q;;2*+1/p-2/b2*16-11+;;/t2*28?,31-;;/m11../s1. The van der Waals surface area contributed by atoms with Gasteiger partial charge in [-0.1, -0.05) is 97.1 Å². The van der Waals surface area contributed by atoms with Crippen LogP contribution < -0.4 is 90.6 Å². The number of urea groups is 2. The molecule has 4 heterocycles. The summed E-state index contributed by atoms with van der Waals surface area (Å²) in [6.07, 6.45) is 5.27. The van der Waals surface area contributed by atoms with Gasteiger partial charge in [0.2, 0.25) is 11.8 Å². The van der Waals surface area contributed by atoms with Crippen LogP contribution in [-0.2, 0) is 71.4 Å². The number of para-hydroxylation sites is 2. The summed E-state index contributed by atoms with van der Waals surface area (Å²) in [5.41, 5.74) is 3.31. The number of imide groups is 2. The molecule has 10 amide bonds. The molecule has 0 spiro atoms. The number of thioether (sulfide) groups is 4. The molecule has 100 heavy (non-hydrogen) atoms. The van der Waals surface area contributed by atoms with E-state index < -0.39 is 103 Å². The van der Waals surface area contributed by atoms with Crippen molar-refractivity contribution in [2.75, 3.05) is 47.7 Å². The van der Waals surface area contributed by atoms with Gasteiger partial charge in [0.15, 0.2) is 0 Å². The molecular weight excluding hydrogens is 1430 g/mol. The minimum absolute atomic E-state index is 0. The summed E-state index contributed by atoms with van der Waals surface area (Å²) in [5.74, 6) is -5.69. The maximum Gasteiger partial charge on any atom is 1.00 e. The van der Waals surface area contributed by atoms with Crippen LogP contribution in [0.25, 0.3) is 12.2 Å². The number of carbonyl (C=O) groups is 10. The molecule has 4 aliphatic rings. The molecule has 10 rings (SSSR count). The Balaban J connectivity index is 0.000000275. The predicted molar refractivity (Wildman–Crippen MR) is 363 cm³/mol. The predicted octanol–water partition coefficient (Wildman–Crippen LogP) is -1.24. The third-order valence-corrected chi connectivity index (χ3v) is 21.7. The summed E-state index contributed by atoms with van der Waals surface area (Å²) < 4.78 is 63.4. The summed E-state index contributed by atoms with van der Waals surface area (Å²) in [6, 6.07) is 38.6. The smallest absolute Gasteiger partial charge is 0.543 e. The summed E-state index contributed by atoms with van der Waals surface area (Å²) in [7, 11) is -6.07. The van der Waals surface area contributed by atoms with Gasteiger partial charge < -0.3 is 41.1 Å². The first-order valence-electron chi connectivity index (χ1n) is 29.2. The second-order valence-electron chi connectivity index (χ2n) is 21.7. The Bertz CT molecular complexity index is 4230. The van der Waals surface area contributed by atoms with Crippen LogP contribution in [0.1, 0.15) is 22.3 Å². The van der Waals surface area contributed by atoms with Gasteiger partial charge in [0.05, 0.1) is 46.0 Å². The van der Waals surface area contributed by atoms with Gasteiger partial charge in [-0.3, -0.25) is 57.5 Å². The number of carbonyl (C=O) groups excluding carboxylic acids is 10. The number of β-lactam (4-membered cyclic amide) rings is 2. The molecular formula is C66H58N8Na2O18S6. The molecule has 2 fully saturated rings. The molecule has 4 aliphatic heterocycles. The summed E-state index contributed by atoms with van der Waals surface area (Å²) in [4.78, 5) is 132. The molecule has 0 aliphatic carbocycles. The molecule has 6 aromatic rings. The first kappa shape index (κ1) is 79.5. The van der Waals surface area contributed by atoms with Crippen LogP contribution >= 0.6 is 47.0 Å². The molecule has 508 valence electrons. The number of anilines is 2. The van der Waals surface area contributed by atoms with Crippen molar-refractivity contribution in [3.63, 3.8) is 0 Å². The molecule has 26 nitrogen and oxygen atoms in total. The number of carboxylic acid groups (broad SMARTS) is 2. The van der Waals surface area contributed by atoms with Crippen molar-refractivity contribution in [2.45, 2.75) is 55.3 Å². The third-order valence-electron chi connectivity index (χ3n) is 15.1. The second-order valence-corrected chi connectivity index (χ2v) is 28.8. The van der Waals surface area contributed by atoms with E-state index in [1.54, 1.807) is 60.7 Å². The number of nitrogens with one attached hydrogen (secondary N) is 4. The Morgan fingerprint density at radius 2 is 0.850 bits per heavy atom. The van der Waals surface area contributed by atoms with Crippen molar-refractivity contribution in [3.8, 4) is 0 Å². The molecule has 2 unspecified atom stereocenters. The largest absolute Gasteiger partial charge is 1.00 e. The Hall–Kier alpha value is -7.80. The quantitative estimate of drug-likeness (QED) is 0.0152. The number of nitrogens with zero attached hydrogens (tertiary/aromatic N) is 4. The van der Waals surface area contributed by atoms with Gasteiger partial charge in [0, 0.05) is 70.4 Å². The van der Waals surface area contributed by atoms with E-state index in [1.807, 2.05) is 60.7 Å². The van der Waals surface area contributed by atoms with E-state index in [1.165, 1.54) is 122 Å². The Kier molecular flexibility index (Phi) is 28.4. The normalized spacial score (nSPS) is 16.9. The Morgan fingerprint density at radius 3 is 1.18 bits per heavy atom. The van der Waals surface area contributed by atoms with E-state index >= 15 is 0 Å². The molecule has 6 aromatic carbocycles. The maximum atomic E-state index is 13.1. The molecule has 2 saturated heterocycles. The topological polar surface area (TPSA) is 387 Å². The average molecular weight is 1490 g/mol. The van der Waals surface area contributed by atoms with E-state index in [4.69, 9.17) is 9.11 Å². The number of aliphatic carboxylic acids is 2. The van der Waals surface area contributed by atoms with Crippen LogP contribution in [0, 0.1) is 0 Å². The number of carboxylic acids is 2. The van der Waals surface area contributed by atoms with Crippen LogP contribution in [-0.4, -0.2) is 165 Å². The Morgan fingerprint density at radius 1 is 0.520 bits per heavy atom. The minimum atomic E-state index is -4.36. The average Bonchev–Trinajstić information content (AvgIpc) is 0.740. The SMILES string of the molecule is CN(C(=O)/C=C/c1ccccc1)C(=O)Nc1ccccc1CC(=O)NC1C(=O)N2C(C(=O)[O-])=C(CSc3ccc(S(=O)(=O)O)cc3)CS[C@H]12.CN(C(=O)/C=C/c1ccccc1)C(=O)Nc1ccccc1CC(=O)NC1C(=O)N2C(C(=O)[O-])=C(CSc3ccc(S(=O)(=O)O)cc3)CS[C@H]12.[Na+].[Na+]. The third kappa shape index (κ3) is 20.3. The molecule has 0 bridgehead atoms. The van der Waals surface area contributed by atoms with Gasteiger partial charge in [-0.25, -0.2) is 9.59 Å². The van der Waals surface area contributed by atoms with E-state index in [2.05, 4.69) is 21.3 Å². The van der Waals surface area contributed by atoms with Crippen molar-refractivity contribution in [1.82, 2.24) is 30.2 Å². The molecule has 0 aromatic heterocycles. The van der Waals surface area contributed by atoms with Gasteiger partial charge in [0.1, 0.15) is 22.8 Å². The number of hydrogen-bond donors (Lipinski definition) is 6. The number of hydrogen-bond acceptors (Lipinski definition) is 20.